The van der Waals surface area contributed by atoms with Crippen LogP contribution in [0, 0.1) is 15.3 Å². The van der Waals surface area contributed by atoms with Gasteiger partial charge in [0.2, 0.25) is 11.8 Å². The Labute approximate surface area is 239 Å². The Balaban J connectivity index is 1.70. The van der Waals surface area contributed by atoms with Crippen LogP contribution in [0.5, 0.6) is 11.5 Å². The number of aliphatic hydroxyl groups is 3. The molecular weight excluding hydrogens is 622 g/mol. The molecule has 11 heteroatoms. The van der Waals surface area contributed by atoms with Crippen molar-refractivity contribution >= 4 is 34.4 Å². The number of amides is 2. The molecule has 210 valence electrons. The Morgan fingerprint density at radius 1 is 1.15 bits per heavy atom. The molecule has 0 spiro atoms. The zero-order valence-corrected chi connectivity index (χ0v) is 23.6. The van der Waals surface area contributed by atoms with Crippen LogP contribution >= 0.6 is 22.6 Å². The van der Waals surface area contributed by atoms with Crippen molar-refractivity contribution in [3.63, 3.8) is 0 Å². The predicted octanol–water partition coefficient (Wildman–Crippen LogP) is 2.29. The van der Waals surface area contributed by atoms with Crippen LogP contribution in [0.1, 0.15) is 30.4 Å². The molecule has 1 fully saturated rings. The van der Waals surface area contributed by atoms with Crippen molar-refractivity contribution < 1.29 is 38.8 Å². The van der Waals surface area contributed by atoms with Gasteiger partial charge < -0.3 is 35.0 Å². The monoisotopic (exact) mass is 654 g/mol. The fourth-order valence-corrected chi connectivity index (χ4v) is 5.40. The summed E-state index contributed by atoms with van der Waals surface area (Å²) in [7, 11) is 1.46. The Kier molecular flexibility index (Phi) is 9.81. The highest BCUT2D eigenvalue weighted by atomic mass is 127. The Hall–Kier alpha value is -2.74. The number of benzene rings is 2. The third-order valence-electron chi connectivity index (χ3n) is 6.82. The van der Waals surface area contributed by atoms with Gasteiger partial charge in [0, 0.05) is 31.0 Å². The van der Waals surface area contributed by atoms with E-state index in [1.165, 1.54) is 25.3 Å². The van der Waals surface area contributed by atoms with Crippen molar-refractivity contribution in [1.29, 1.82) is 0 Å². The first kappa shape index (κ1) is 29.2. The van der Waals surface area contributed by atoms with Crippen molar-refractivity contribution in [2.75, 3.05) is 20.3 Å². The van der Waals surface area contributed by atoms with Crippen molar-refractivity contribution in [3.05, 3.63) is 68.6 Å². The number of hydrogen-bond acceptors (Lipinski definition) is 7. The predicted molar refractivity (Wildman–Crippen MR) is 148 cm³/mol. The van der Waals surface area contributed by atoms with Crippen LogP contribution in [0.3, 0.4) is 0 Å². The summed E-state index contributed by atoms with van der Waals surface area (Å²) in [6, 6.07) is 8.35. The van der Waals surface area contributed by atoms with E-state index in [4.69, 9.17) is 9.47 Å². The minimum atomic E-state index is -1.21. The van der Waals surface area contributed by atoms with Gasteiger partial charge >= 0.3 is 0 Å². The molecule has 0 bridgehead atoms. The lowest BCUT2D eigenvalue weighted by Crippen LogP contribution is -2.55. The summed E-state index contributed by atoms with van der Waals surface area (Å²) in [6.45, 7) is -0.267. The van der Waals surface area contributed by atoms with Crippen molar-refractivity contribution in [3.8, 4) is 11.5 Å². The van der Waals surface area contributed by atoms with E-state index >= 15 is 0 Å². The number of nitrogens with zero attached hydrogens (tertiary/aromatic N) is 1. The zero-order valence-electron chi connectivity index (χ0n) is 21.5. The number of nitrogens with one attached hydrogen (secondary N) is 1. The van der Waals surface area contributed by atoms with Crippen molar-refractivity contribution in [2.24, 2.45) is 5.92 Å². The quantitative estimate of drug-likeness (QED) is 0.274. The van der Waals surface area contributed by atoms with Crippen LogP contribution in [-0.4, -0.2) is 70.5 Å². The highest BCUT2D eigenvalue weighted by Gasteiger charge is 2.44. The van der Waals surface area contributed by atoms with Gasteiger partial charge in [0.25, 0.3) is 0 Å². The summed E-state index contributed by atoms with van der Waals surface area (Å²) in [5.41, 5.74) is 1.61. The first-order chi connectivity index (χ1) is 18.7. The van der Waals surface area contributed by atoms with Crippen LogP contribution in [0.2, 0.25) is 0 Å². The van der Waals surface area contributed by atoms with E-state index in [1.54, 1.807) is 29.2 Å². The van der Waals surface area contributed by atoms with Gasteiger partial charge in [-0.3, -0.25) is 9.59 Å². The second-order valence-corrected chi connectivity index (χ2v) is 10.8. The third-order valence-corrected chi connectivity index (χ3v) is 7.62. The summed E-state index contributed by atoms with van der Waals surface area (Å²) >= 11 is 2.04. The SMILES string of the molecule is COc1cc(CO)cc(I)c1OC1C=C(C(=O)NCCO)CC(N(Cc2ccc(F)cc2)C(=O)C2CC2)C1O. The van der Waals surface area contributed by atoms with Gasteiger partial charge in [-0.25, -0.2) is 4.39 Å². The van der Waals surface area contributed by atoms with Gasteiger partial charge in [-0.15, -0.1) is 0 Å². The second kappa shape index (κ2) is 13.1. The van der Waals surface area contributed by atoms with Gasteiger partial charge in [0.05, 0.1) is 29.9 Å². The van der Waals surface area contributed by atoms with Gasteiger partial charge in [-0.2, -0.15) is 0 Å². The number of carbonyl (C=O) groups excluding carboxylic acids is 2. The van der Waals surface area contributed by atoms with Crippen LogP contribution < -0.4 is 14.8 Å². The lowest BCUT2D eigenvalue weighted by atomic mass is 9.87. The molecule has 2 aromatic carbocycles. The average Bonchev–Trinajstić information content (AvgIpc) is 3.78. The van der Waals surface area contributed by atoms with Gasteiger partial charge in [-0.05, 0) is 76.9 Å². The summed E-state index contributed by atoms with van der Waals surface area (Å²) in [4.78, 5) is 28.0. The van der Waals surface area contributed by atoms with E-state index < -0.39 is 30.0 Å². The highest BCUT2D eigenvalue weighted by Crippen LogP contribution is 2.39. The van der Waals surface area contributed by atoms with E-state index in [9.17, 15) is 29.3 Å². The van der Waals surface area contributed by atoms with Gasteiger partial charge in [0.1, 0.15) is 18.0 Å². The van der Waals surface area contributed by atoms with E-state index in [0.717, 1.165) is 12.8 Å². The van der Waals surface area contributed by atoms with Crippen LogP contribution in [0.25, 0.3) is 0 Å². The molecule has 39 heavy (non-hydrogen) atoms. The maximum absolute atomic E-state index is 13.5. The summed E-state index contributed by atoms with van der Waals surface area (Å²) in [5, 5.41) is 33.0. The maximum Gasteiger partial charge on any atom is 0.247 e. The van der Waals surface area contributed by atoms with Crippen LogP contribution in [-0.2, 0) is 22.7 Å². The smallest absolute Gasteiger partial charge is 0.247 e. The molecule has 2 amide bonds. The third kappa shape index (κ3) is 7.07. The fourth-order valence-electron chi connectivity index (χ4n) is 4.60. The van der Waals surface area contributed by atoms with Crippen molar-refractivity contribution in [2.45, 2.75) is 50.7 Å². The van der Waals surface area contributed by atoms with E-state index in [1.807, 2.05) is 22.6 Å². The number of halogens is 2. The molecular formula is C28H32FIN2O7. The molecule has 0 aromatic heterocycles. The standard InChI is InChI=1S/C28H32FIN2O7/c1-38-24-11-17(15-34)10-21(30)26(24)39-23-13-19(27(36)31-8-9-33)12-22(25(23)35)32(28(37)18-4-5-18)14-16-2-6-20(29)7-3-16/h2-3,6-7,10-11,13,18,22-23,25,33-35H,4-5,8-9,12,14-15H2,1H3,(H,31,36). The number of ether oxygens (including phenoxy) is 2. The van der Waals surface area contributed by atoms with Crippen molar-refractivity contribution in [1.82, 2.24) is 10.2 Å². The molecule has 9 nitrogen and oxygen atoms in total. The molecule has 2 aliphatic rings. The van der Waals surface area contributed by atoms with E-state index in [-0.39, 0.29) is 44.5 Å². The minimum Gasteiger partial charge on any atom is -0.493 e. The van der Waals surface area contributed by atoms with Crippen LogP contribution in [0.15, 0.2) is 48.0 Å². The van der Waals surface area contributed by atoms with Gasteiger partial charge in [-0.1, -0.05) is 12.1 Å². The topological polar surface area (TPSA) is 129 Å². The molecule has 4 N–H and O–H groups in total. The number of hydrogen-bond donors (Lipinski definition) is 4. The zero-order chi connectivity index (χ0) is 28.1. The van der Waals surface area contributed by atoms with Gasteiger partial charge in [0.15, 0.2) is 11.5 Å². The normalized spacial score (nSPS) is 20.7. The fraction of sp³-hybridized carbons (Fsp3) is 0.429. The number of methoxy groups -OCH3 is 1. The summed E-state index contributed by atoms with van der Waals surface area (Å²) < 4.78 is 25.9. The number of carbonyl (C=O) groups is 2. The maximum atomic E-state index is 13.5. The first-order valence-corrected chi connectivity index (χ1v) is 13.8. The Morgan fingerprint density at radius 3 is 2.49 bits per heavy atom. The number of rotatable bonds is 11. The molecule has 3 atom stereocenters. The van der Waals surface area contributed by atoms with E-state index in [0.29, 0.717) is 31.8 Å². The molecule has 1 saturated carbocycles. The summed E-state index contributed by atoms with van der Waals surface area (Å²) in [5.74, 6) is -0.471. The molecule has 2 aromatic rings. The second-order valence-electron chi connectivity index (χ2n) is 9.65. The molecule has 0 saturated heterocycles. The molecule has 2 aliphatic carbocycles. The molecule has 0 radical (unpaired) electrons. The highest BCUT2D eigenvalue weighted by molar-refractivity contribution is 14.1. The van der Waals surface area contributed by atoms with Crippen LogP contribution in [0.4, 0.5) is 4.39 Å². The first-order valence-electron chi connectivity index (χ1n) is 12.7. The lowest BCUT2D eigenvalue weighted by molar-refractivity contribution is -0.140. The molecule has 0 aliphatic heterocycles. The Bertz CT molecular complexity index is 1220. The minimum absolute atomic E-state index is 0.0452. The summed E-state index contributed by atoms with van der Waals surface area (Å²) in [6.07, 6.45) is 0.849. The largest absolute Gasteiger partial charge is 0.493 e. The number of aliphatic hydroxyl groups excluding tert-OH is 3. The van der Waals surface area contributed by atoms with E-state index in [2.05, 4.69) is 5.32 Å². The Morgan fingerprint density at radius 2 is 1.87 bits per heavy atom. The lowest BCUT2D eigenvalue weighted by Gasteiger charge is -2.41. The molecule has 0 heterocycles. The molecule has 4 rings (SSSR count). The molecule has 3 unspecified atom stereocenters. The average molecular weight is 654 g/mol.